The van der Waals surface area contributed by atoms with Crippen LogP contribution < -0.4 is 0 Å². The number of rotatable bonds is 2. The van der Waals surface area contributed by atoms with Gasteiger partial charge in [-0.05, 0) is 18.6 Å². The van der Waals surface area contributed by atoms with Crippen molar-refractivity contribution in [1.82, 2.24) is 13.3 Å². The molecule has 0 saturated carbocycles. The van der Waals surface area contributed by atoms with E-state index >= 15 is 0 Å². The van der Waals surface area contributed by atoms with Crippen LogP contribution >= 0.6 is 0 Å². The minimum absolute atomic E-state index is 0.550. The SMILES string of the molecule is Cc1cccc2c1n[c]n2S(=O)(=O)N(C)C. The summed E-state index contributed by atoms with van der Waals surface area (Å²) in [6.45, 7) is 1.88. The average molecular weight is 238 g/mol. The van der Waals surface area contributed by atoms with Crippen LogP contribution in [0.15, 0.2) is 18.2 Å². The first-order valence-corrected chi connectivity index (χ1v) is 6.13. The maximum Gasteiger partial charge on any atom is 0.309 e. The molecule has 0 spiro atoms. The standard InChI is InChI=1S/C10H12N3O2S/c1-8-5-4-6-9-10(8)11-7-13(9)16(14,15)12(2)3/h4-6H,1-3H3. The fraction of sp³-hybridized carbons (Fsp3) is 0.300. The van der Waals surface area contributed by atoms with E-state index in [4.69, 9.17) is 0 Å². The summed E-state index contributed by atoms with van der Waals surface area (Å²) >= 11 is 0. The predicted octanol–water partition coefficient (Wildman–Crippen LogP) is 0.799. The Morgan fingerprint density at radius 2 is 2.06 bits per heavy atom. The molecule has 85 valence electrons. The highest BCUT2D eigenvalue weighted by Crippen LogP contribution is 2.18. The molecule has 1 aromatic heterocycles. The van der Waals surface area contributed by atoms with Crippen molar-refractivity contribution in [2.75, 3.05) is 14.1 Å². The van der Waals surface area contributed by atoms with E-state index in [-0.39, 0.29) is 0 Å². The fourth-order valence-corrected chi connectivity index (χ4v) is 2.31. The van der Waals surface area contributed by atoms with Crippen LogP contribution in [0, 0.1) is 13.3 Å². The molecule has 0 unspecified atom stereocenters. The summed E-state index contributed by atoms with van der Waals surface area (Å²) in [5, 5.41) is 0. The van der Waals surface area contributed by atoms with Crippen molar-refractivity contribution in [3.63, 3.8) is 0 Å². The summed E-state index contributed by atoms with van der Waals surface area (Å²) in [5.41, 5.74) is 2.14. The van der Waals surface area contributed by atoms with E-state index in [2.05, 4.69) is 11.3 Å². The van der Waals surface area contributed by atoms with Gasteiger partial charge in [0.05, 0.1) is 11.0 Å². The third kappa shape index (κ3) is 1.50. The molecule has 5 nitrogen and oxygen atoms in total. The lowest BCUT2D eigenvalue weighted by Gasteiger charge is -2.11. The second-order valence-corrected chi connectivity index (χ2v) is 5.70. The smallest absolute Gasteiger partial charge is 0.224 e. The van der Waals surface area contributed by atoms with Crippen LogP contribution in [0.25, 0.3) is 11.0 Å². The third-order valence-corrected chi connectivity index (χ3v) is 4.04. The molecule has 0 saturated heterocycles. The second-order valence-electron chi connectivity index (χ2n) is 3.71. The Morgan fingerprint density at radius 3 is 2.69 bits per heavy atom. The highest BCUT2D eigenvalue weighted by molar-refractivity contribution is 7.87. The van der Waals surface area contributed by atoms with E-state index in [0.29, 0.717) is 11.0 Å². The van der Waals surface area contributed by atoms with E-state index in [0.717, 1.165) is 13.8 Å². The Balaban J connectivity index is 2.78. The normalized spacial score (nSPS) is 12.5. The lowest BCUT2D eigenvalue weighted by atomic mass is 10.2. The van der Waals surface area contributed by atoms with Crippen LogP contribution in [0.4, 0.5) is 0 Å². The third-order valence-electron chi connectivity index (χ3n) is 2.38. The maximum atomic E-state index is 11.9. The molecule has 1 heterocycles. The van der Waals surface area contributed by atoms with Gasteiger partial charge in [-0.3, -0.25) is 0 Å². The molecule has 1 radical (unpaired) electrons. The Hall–Kier alpha value is -1.40. The van der Waals surface area contributed by atoms with Gasteiger partial charge < -0.3 is 0 Å². The molecule has 0 aliphatic carbocycles. The molecule has 16 heavy (non-hydrogen) atoms. The summed E-state index contributed by atoms with van der Waals surface area (Å²) in [5.74, 6) is 0. The molecule has 2 rings (SSSR count). The van der Waals surface area contributed by atoms with Gasteiger partial charge in [0.2, 0.25) is 0 Å². The van der Waals surface area contributed by atoms with E-state index in [1.807, 2.05) is 13.0 Å². The number of nitrogens with zero attached hydrogens (tertiary/aromatic N) is 3. The molecule has 0 amide bonds. The topological polar surface area (TPSA) is 55.2 Å². The molecule has 2 aromatic rings. The van der Waals surface area contributed by atoms with Crippen LogP contribution in [-0.2, 0) is 10.2 Å². The first-order valence-electron chi connectivity index (χ1n) is 4.73. The molecule has 0 aliphatic heterocycles. The number of imidazole rings is 1. The summed E-state index contributed by atoms with van der Waals surface area (Å²) in [4.78, 5) is 4.00. The number of aryl methyl sites for hydroxylation is 1. The zero-order chi connectivity index (χ0) is 11.9. The average Bonchev–Trinajstić information content (AvgIpc) is 2.63. The van der Waals surface area contributed by atoms with E-state index in [1.54, 1.807) is 12.1 Å². The number of aromatic nitrogens is 2. The Labute approximate surface area is 94.5 Å². The van der Waals surface area contributed by atoms with Crippen LogP contribution in [0.5, 0.6) is 0 Å². The van der Waals surface area contributed by atoms with Crippen molar-refractivity contribution in [2.45, 2.75) is 6.92 Å². The van der Waals surface area contributed by atoms with Crippen molar-refractivity contribution in [3.05, 3.63) is 30.1 Å². The van der Waals surface area contributed by atoms with Crippen LogP contribution in [0.3, 0.4) is 0 Å². The quantitative estimate of drug-likeness (QED) is 0.777. The number of hydrogen-bond acceptors (Lipinski definition) is 3. The van der Waals surface area contributed by atoms with Crippen LogP contribution in [0.1, 0.15) is 5.56 Å². The van der Waals surface area contributed by atoms with Gasteiger partial charge in [-0.15, -0.1) is 0 Å². The fourth-order valence-electron chi connectivity index (χ4n) is 1.44. The molecule has 0 atom stereocenters. The minimum atomic E-state index is -3.54. The lowest BCUT2D eigenvalue weighted by molar-refractivity contribution is 0.512. The van der Waals surface area contributed by atoms with Crippen molar-refractivity contribution in [1.29, 1.82) is 0 Å². The molecule has 0 N–H and O–H groups in total. The monoisotopic (exact) mass is 238 g/mol. The lowest BCUT2D eigenvalue weighted by Crippen LogP contribution is -2.28. The van der Waals surface area contributed by atoms with Gasteiger partial charge in [-0.1, -0.05) is 12.1 Å². The van der Waals surface area contributed by atoms with Crippen molar-refractivity contribution >= 4 is 21.2 Å². The van der Waals surface area contributed by atoms with Crippen LogP contribution in [-0.4, -0.2) is 35.8 Å². The highest BCUT2D eigenvalue weighted by Gasteiger charge is 2.19. The van der Waals surface area contributed by atoms with Crippen molar-refractivity contribution in [3.8, 4) is 0 Å². The van der Waals surface area contributed by atoms with Gasteiger partial charge in [0.1, 0.15) is 0 Å². The Morgan fingerprint density at radius 1 is 1.38 bits per heavy atom. The van der Waals surface area contributed by atoms with Gasteiger partial charge in [-0.2, -0.15) is 12.7 Å². The van der Waals surface area contributed by atoms with Crippen molar-refractivity contribution < 1.29 is 8.42 Å². The molecule has 6 heteroatoms. The molecular weight excluding hydrogens is 226 g/mol. The van der Waals surface area contributed by atoms with Crippen LogP contribution in [0.2, 0.25) is 0 Å². The zero-order valence-corrected chi connectivity index (χ0v) is 10.1. The minimum Gasteiger partial charge on any atom is -0.224 e. The molecule has 0 aliphatic rings. The maximum absolute atomic E-state index is 11.9. The number of para-hydroxylation sites is 1. The number of fused-ring (bicyclic) bond motifs is 1. The summed E-state index contributed by atoms with van der Waals surface area (Å²) in [6, 6.07) is 5.40. The number of hydrogen-bond donors (Lipinski definition) is 0. The molecule has 0 bridgehead atoms. The Kier molecular flexibility index (Phi) is 2.47. The summed E-state index contributed by atoms with van der Waals surface area (Å²) < 4.78 is 26.1. The highest BCUT2D eigenvalue weighted by atomic mass is 32.2. The van der Waals surface area contributed by atoms with Gasteiger partial charge in [0, 0.05) is 14.1 Å². The van der Waals surface area contributed by atoms with Crippen molar-refractivity contribution in [2.24, 2.45) is 0 Å². The van der Waals surface area contributed by atoms with E-state index in [9.17, 15) is 8.42 Å². The summed E-state index contributed by atoms with van der Waals surface area (Å²) in [6.07, 6.45) is 2.51. The molecule has 1 aromatic carbocycles. The van der Waals surface area contributed by atoms with Gasteiger partial charge >= 0.3 is 10.2 Å². The molecule has 0 fully saturated rings. The van der Waals surface area contributed by atoms with Gasteiger partial charge in [0.25, 0.3) is 0 Å². The number of benzene rings is 1. The predicted molar refractivity (Wildman–Crippen MR) is 61.3 cm³/mol. The Bertz CT molecular complexity index is 629. The molecular formula is C10H12N3O2S. The van der Waals surface area contributed by atoms with Gasteiger partial charge in [0.15, 0.2) is 6.33 Å². The second kappa shape index (κ2) is 3.57. The van der Waals surface area contributed by atoms with E-state index < -0.39 is 10.2 Å². The largest absolute Gasteiger partial charge is 0.309 e. The summed E-state index contributed by atoms with van der Waals surface area (Å²) in [7, 11) is -0.591. The first kappa shape index (κ1) is 11.1. The van der Waals surface area contributed by atoms with E-state index in [1.165, 1.54) is 14.1 Å². The first-order chi connectivity index (χ1) is 7.44. The zero-order valence-electron chi connectivity index (χ0n) is 9.30. The van der Waals surface area contributed by atoms with Gasteiger partial charge in [-0.25, -0.2) is 8.96 Å².